The molecule has 21 heavy (non-hydrogen) atoms. The van der Waals surface area contributed by atoms with Gasteiger partial charge in [-0.25, -0.2) is 0 Å². The van der Waals surface area contributed by atoms with Gasteiger partial charge in [0.05, 0.1) is 23.5 Å². The Labute approximate surface area is 134 Å². The normalized spacial score (nSPS) is 11.7. The number of benzene rings is 2. The molecule has 0 unspecified atom stereocenters. The number of hydrogen-bond donors (Lipinski definition) is 0. The molecule has 0 aliphatic rings. The van der Waals surface area contributed by atoms with E-state index in [1.165, 1.54) is 0 Å². The quantitative estimate of drug-likeness (QED) is 0.423. The van der Waals surface area contributed by atoms with Crippen molar-refractivity contribution in [1.82, 2.24) is 0 Å². The molecule has 2 nitrogen and oxygen atoms in total. The van der Waals surface area contributed by atoms with Gasteiger partial charge in [0.25, 0.3) is 0 Å². The zero-order chi connectivity index (χ0) is 15.0. The van der Waals surface area contributed by atoms with Crippen LogP contribution in [0.4, 0.5) is 0 Å². The van der Waals surface area contributed by atoms with Crippen LogP contribution in [0.25, 0.3) is 0 Å². The largest absolute Gasteiger partial charge is 0.350 e. The molecule has 2 aromatic carbocycles. The minimum absolute atomic E-state index is 0.534. The first-order valence-corrected chi connectivity index (χ1v) is 8.67. The predicted octanol–water partition coefficient (Wildman–Crippen LogP) is 3.07. The van der Waals surface area contributed by atoms with Crippen LogP contribution in [-0.2, 0) is 22.7 Å². The lowest BCUT2D eigenvalue weighted by atomic mass is 10.2. The van der Waals surface area contributed by atoms with E-state index in [2.05, 4.69) is 24.3 Å². The van der Waals surface area contributed by atoms with E-state index in [1.54, 1.807) is 0 Å². The van der Waals surface area contributed by atoms with E-state index in [0.29, 0.717) is 25.5 Å². The van der Waals surface area contributed by atoms with Gasteiger partial charge in [-0.1, -0.05) is 60.7 Å². The van der Waals surface area contributed by atoms with Gasteiger partial charge in [-0.2, -0.15) is 0 Å². The fourth-order valence-corrected chi connectivity index (χ4v) is 3.18. The molecule has 4 heteroatoms. The minimum atomic E-state index is -0.534. The van der Waals surface area contributed by atoms with E-state index in [0.717, 1.165) is 21.4 Å². The third-order valence-corrected chi connectivity index (χ3v) is 4.59. The summed E-state index contributed by atoms with van der Waals surface area (Å²) in [5, 5.41) is 0. The highest BCUT2D eigenvalue weighted by Crippen LogP contribution is 2.19. The number of ether oxygens (including phenoxy) is 2. The molecular weight excluding hydrogens is 300 g/mol. The van der Waals surface area contributed by atoms with Gasteiger partial charge < -0.3 is 9.47 Å². The lowest BCUT2D eigenvalue weighted by Gasteiger charge is -2.30. The Morgan fingerprint density at radius 3 is 1.62 bits per heavy atom. The second kappa shape index (κ2) is 8.34. The van der Waals surface area contributed by atoms with Crippen molar-refractivity contribution >= 4 is 21.8 Å². The molecule has 0 heterocycles. The molecule has 2 aromatic rings. The van der Waals surface area contributed by atoms with E-state index in [-0.39, 0.29) is 0 Å². The SMILES string of the molecule is [SiH3]C(CCCl)(OCc1ccccc1)OCc1ccccc1. The predicted molar refractivity (Wildman–Crippen MR) is 90.5 cm³/mol. The maximum atomic E-state index is 6.03. The monoisotopic (exact) mass is 320 g/mol. The summed E-state index contributed by atoms with van der Waals surface area (Å²) in [5.41, 5.74) is 1.76. The second-order valence-corrected chi connectivity index (χ2v) is 7.02. The van der Waals surface area contributed by atoms with Crippen LogP contribution in [0.2, 0.25) is 0 Å². The average molecular weight is 321 g/mol. The molecule has 0 saturated heterocycles. The van der Waals surface area contributed by atoms with Crippen molar-refractivity contribution < 1.29 is 9.47 Å². The van der Waals surface area contributed by atoms with Gasteiger partial charge in [-0.3, -0.25) is 0 Å². The molecule has 0 atom stereocenters. The van der Waals surface area contributed by atoms with Crippen LogP contribution in [0.15, 0.2) is 60.7 Å². The Morgan fingerprint density at radius 1 is 0.810 bits per heavy atom. The van der Waals surface area contributed by atoms with Gasteiger partial charge in [0, 0.05) is 12.3 Å². The molecule has 0 spiro atoms. The van der Waals surface area contributed by atoms with E-state index in [9.17, 15) is 0 Å². The molecule has 0 saturated carbocycles. The first-order chi connectivity index (χ1) is 10.2. The third kappa shape index (κ3) is 5.63. The first-order valence-electron chi connectivity index (χ1n) is 7.13. The molecule has 0 fully saturated rings. The van der Waals surface area contributed by atoms with Crippen LogP contribution < -0.4 is 0 Å². The second-order valence-electron chi connectivity index (χ2n) is 5.12. The first kappa shape index (κ1) is 16.2. The van der Waals surface area contributed by atoms with Crippen molar-refractivity contribution in [1.29, 1.82) is 0 Å². The Hall–Kier alpha value is -1.13. The summed E-state index contributed by atoms with van der Waals surface area (Å²) in [6.45, 7) is 1.10. The zero-order valence-corrected chi connectivity index (χ0v) is 15.1. The summed E-state index contributed by atoms with van der Waals surface area (Å²) in [4.78, 5) is 0. The molecule has 0 amide bonds. The Morgan fingerprint density at radius 2 is 1.24 bits per heavy atom. The number of rotatable bonds is 8. The molecule has 2 rings (SSSR count). The molecule has 0 bridgehead atoms. The molecule has 0 radical (unpaired) electrons. The van der Waals surface area contributed by atoms with Crippen molar-refractivity contribution in [3.8, 4) is 0 Å². The van der Waals surface area contributed by atoms with Crippen molar-refractivity contribution in [2.75, 3.05) is 5.88 Å². The van der Waals surface area contributed by atoms with E-state index in [4.69, 9.17) is 21.1 Å². The fraction of sp³-hybridized carbons (Fsp3) is 0.294. The standard InChI is InChI=1S/C17H21ClO2Si/c18-12-11-17(21,19-13-15-7-3-1-4-8-15)20-14-16-9-5-2-6-10-16/h1-10H,11-14H2,21H3. The number of alkyl halides is 1. The molecule has 0 aliphatic heterocycles. The molecular formula is C17H21ClO2Si. The van der Waals surface area contributed by atoms with Crippen LogP contribution in [0, 0.1) is 0 Å². The van der Waals surface area contributed by atoms with Crippen molar-refractivity contribution in [3.05, 3.63) is 71.8 Å². The van der Waals surface area contributed by atoms with Crippen LogP contribution in [0.5, 0.6) is 0 Å². The number of hydrogen-bond acceptors (Lipinski definition) is 2. The number of halogens is 1. The summed E-state index contributed by atoms with van der Waals surface area (Å²) in [6, 6.07) is 20.3. The van der Waals surface area contributed by atoms with E-state index in [1.807, 2.05) is 36.4 Å². The highest BCUT2D eigenvalue weighted by molar-refractivity contribution is 6.19. The van der Waals surface area contributed by atoms with Gasteiger partial charge in [0.2, 0.25) is 0 Å². The van der Waals surface area contributed by atoms with Crippen molar-refractivity contribution in [2.45, 2.75) is 25.0 Å². The lowest BCUT2D eigenvalue weighted by molar-refractivity contribution is -0.193. The average Bonchev–Trinajstić information content (AvgIpc) is 2.54. The Balaban J connectivity index is 1.92. The molecule has 0 N–H and O–H groups in total. The lowest BCUT2D eigenvalue weighted by Crippen LogP contribution is -2.37. The highest BCUT2D eigenvalue weighted by Gasteiger charge is 2.25. The Kier molecular flexibility index (Phi) is 6.45. The van der Waals surface area contributed by atoms with Gasteiger partial charge in [0.1, 0.15) is 5.41 Å². The maximum absolute atomic E-state index is 6.03. The summed E-state index contributed by atoms with van der Waals surface area (Å²) in [5.74, 6) is 0.535. The summed E-state index contributed by atoms with van der Waals surface area (Å²) < 4.78 is 12.1. The third-order valence-electron chi connectivity index (χ3n) is 3.32. The van der Waals surface area contributed by atoms with E-state index >= 15 is 0 Å². The summed E-state index contributed by atoms with van der Waals surface area (Å²) >= 11 is 5.91. The van der Waals surface area contributed by atoms with E-state index < -0.39 is 5.41 Å². The zero-order valence-electron chi connectivity index (χ0n) is 12.3. The fourth-order valence-electron chi connectivity index (χ4n) is 1.98. The molecule has 112 valence electrons. The maximum Gasteiger partial charge on any atom is 0.143 e. The smallest absolute Gasteiger partial charge is 0.143 e. The van der Waals surface area contributed by atoms with Crippen LogP contribution in [0.3, 0.4) is 0 Å². The van der Waals surface area contributed by atoms with Gasteiger partial charge >= 0.3 is 0 Å². The molecule has 0 aliphatic carbocycles. The van der Waals surface area contributed by atoms with Gasteiger partial charge in [0.15, 0.2) is 0 Å². The topological polar surface area (TPSA) is 18.5 Å². The molecule has 0 aromatic heterocycles. The highest BCUT2D eigenvalue weighted by atomic mass is 35.5. The van der Waals surface area contributed by atoms with Crippen LogP contribution in [0.1, 0.15) is 17.5 Å². The van der Waals surface area contributed by atoms with Crippen LogP contribution in [-0.4, -0.2) is 21.5 Å². The van der Waals surface area contributed by atoms with Gasteiger partial charge in [-0.05, 0) is 11.1 Å². The summed E-state index contributed by atoms with van der Waals surface area (Å²) in [7, 11) is 0.771. The Bertz CT molecular complexity index is 475. The van der Waals surface area contributed by atoms with Crippen molar-refractivity contribution in [2.24, 2.45) is 0 Å². The summed E-state index contributed by atoms with van der Waals surface area (Å²) in [6.07, 6.45) is 0.709. The van der Waals surface area contributed by atoms with Crippen LogP contribution >= 0.6 is 11.6 Å². The van der Waals surface area contributed by atoms with Gasteiger partial charge in [-0.15, -0.1) is 11.6 Å². The minimum Gasteiger partial charge on any atom is -0.350 e. The van der Waals surface area contributed by atoms with Crippen molar-refractivity contribution in [3.63, 3.8) is 0 Å².